The monoisotopic (exact) mass is 244 g/mol. The summed E-state index contributed by atoms with van der Waals surface area (Å²) in [4.78, 5) is 8.81. The van der Waals surface area contributed by atoms with Gasteiger partial charge in [0.25, 0.3) is 0 Å². The van der Waals surface area contributed by atoms with E-state index in [2.05, 4.69) is 45.8 Å². The minimum Gasteiger partial charge on any atom is -0.329 e. The number of imidazole rings is 1. The van der Waals surface area contributed by atoms with Crippen molar-refractivity contribution in [2.75, 3.05) is 6.54 Å². The second kappa shape index (κ2) is 6.31. The van der Waals surface area contributed by atoms with E-state index in [0.29, 0.717) is 0 Å². The van der Waals surface area contributed by atoms with E-state index in [0.717, 1.165) is 37.6 Å². The molecular weight excluding hydrogens is 224 g/mol. The van der Waals surface area contributed by atoms with Gasteiger partial charge in [-0.1, -0.05) is 19.9 Å². The molecule has 0 saturated heterocycles. The van der Waals surface area contributed by atoms with Crippen LogP contribution in [-0.4, -0.2) is 21.1 Å². The van der Waals surface area contributed by atoms with E-state index >= 15 is 0 Å². The molecule has 4 nitrogen and oxygen atoms in total. The number of hydrogen-bond acceptors (Lipinski definition) is 3. The molecule has 18 heavy (non-hydrogen) atoms. The summed E-state index contributed by atoms with van der Waals surface area (Å²) in [5.41, 5.74) is 2.30. The highest BCUT2D eigenvalue weighted by Crippen LogP contribution is 2.05. The summed E-state index contributed by atoms with van der Waals surface area (Å²) in [5.74, 6) is 1.11. The molecule has 0 fully saturated rings. The Labute approximate surface area is 108 Å². The molecular formula is C14H20N4. The average Bonchev–Trinajstić information content (AvgIpc) is 2.85. The highest BCUT2D eigenvalue weighted by Gasteiger charge is 2.02. The van der Waals surface area contributed by atoms with Gasteiger partial charge in [0.1, 0.15) is 5.82 Å². The second-order valence-corrected chi connectivity index (χ2v) is 4.26. The molecule has 0 bridgehead atoms. The molecule has 0 atom stereocenters. The van der Waals surface area contributed by atoms with Crippen LogP contribution in [0.5, 0.6) is 0 Å². The lowest BCUT2D eigenvalue weighted by Gasteiger charge is -2.07. The summed E-state index contributed by atoms with van der Waals surface area (Å²) >= 11 is 0. The maximum atomic E-state index is 4.49. The summed E-state index contributed by atoms with van der Waals surface area (Å²) in [5, 5.41) is 3.29. The molecule has 0 amide bonds. The van der Waals surface area contributed by atoms with Gasteiger partial charge in [0, 0.05) is 31.6 Å². The Bertz CT molecular complexity index is 473. The van der Waals surface area contributed by atoms with Crippen LogP contribution in [-0.2, 0) is 19.5 Å². The van der Waals surface area contributed by atoms with Gasteiger partial charge < -0.3 is 9.88 Å². The molecule has 4 heteroatoms. The largest absolute Gasteiger partial charge is 0.329 e. The lowest BCUT2D eigenvalue weighted by molar-refractivity contribution is 0.706. The number of nitrogens with zero attached hydrogens (tertiary/aromatic N) is 3. The van der Waals surface area contributed by atoms with Crippen molar-refractivity contribution in [3.05, 3.63) is 47.8 Å². The lowest BCUT2D eigenvalue weighted by Crippen LogP contribution is -2.12. The van der Waals surface area contributed by atoms with Crippen LogP contribution in [0.25, 0.3) is 0 Å². The fraction of sp³-hybridized carbons (Fsp3) is 0.429. The van der Waals surface area contributed by atoms with Gasteiger partial charge in [-0.3, -0.25) is 4.98 Å². The normalized spacial score (nSPS) is 10.8. The number of aryl methyl sites for hydroxylation is 1. The Hall–Kier alpha value is -1.68. The van der Waals surface area contributed by atoms with E-state index in [1.807, 2.05) is 18.6 Å². The Balaban J connectivity index is 2.02. The molecule has 0 unspecified atom stereocenters. The summed E-state index contributed by atoms with van der Waals surface area (Å²) < 4.78 is 2.15. The molecule has 0 saturated carbocycles. The van der Waals surface area contributed by atoms with Crippen LogP contribution in [0.3, 0.4) is 0 Å². The lowest BCUT2D eigenvalue weighted by atomic mass is 10.2. The van der Waals surface area contributed by atoms with Crippen LogP contribution in [0.1, 0.15) is 30.9 Å². The molecule has 1 N–H and O–H groups in total. The maximum Gasteiger partial charge on any atom is 0.108 e. The highest BCUT2D eigenvalue weighted by atomic mass is 15.1. The van der Waals surface area contributed by atoms with Gasteiger partial charge in [-0.15, -0.1) is 0 Å². The zero-order valence-corrected chi connectivity index (χ0v) is 11.1. The van der Waals surface area contributed by atoms with Gasteiger partial charge in [0.2, 0.25) is 0 Å². The minimum atomic E-state index is 0.796. The first-order valence-corrected chi connectivity index (χ1v) is 6.48. The Morgan fingerprint density at radius 1 is 1.22 bits per heavy atom. The third kappa shape index (κ3) is 3.17. The van der Waals surface area contributed by atoms with Gasteiger partial charge in [-0.25, -0.2) is 4.98 Å². The predicted molar refractivity (Wildman–Crippen MR) is 72.3 cm³/mol. The molecule has 2 aromatic heterocycles. The molecule has 0 aliphatic carbocycles. The number of rotatable bonds is 6. The number of aromatic nitrogens is 3. The van der Waals surface area contributed by atoms with Gasteiger partial charge in [-0.05, 0) is 18.2 Å². The summed E-state index contributed by atoms with van der Waals surface area (Å²) in [7, 11) is 0. The van der Waals surface area contributed by atoms with Crippen LogP contribution < -0.4 is 5.32 Å². The van der Waals surface area contributed by atoms with Crippen LogP contribution in [0, 0.1) is 0 Å². The fourth-order valence-corrected chi connectivity index (χ4v) is 1.90. The molecule has 2 aromatic rings. The highest BCUT2D eigenvalue weighted by molar-refractivity contribution is 5.14. The summed E-state index contributed by atoms with van der Waals surface area (Å²) in [6.07, 6.45) is 6.75. The predicted octanol–water partition coefficient (Wildman–Crippen LogP) is 2.00. The van der Waals surface area contributed by atoms with Crippen molar-refractivity contribution in [2.45, 2.75) is 33.4 Å². The summed E-state index contributed by atoms with van der Waals surface area (Å²) in [6.45, 7) is 6.88. The molecule has 0 aromatic carbocycles. The van der Waals surface area contributed by atoms with Gasteiger partial charge in [-0.2, -0.15) is 0 Å². The molecule has 2 heterocycles. The van der Waals surface area contributed by atoms with Crippen LogP contribution >= 0.6 is 0 Å². The van der Waals surface area contributed by atoms with E-state index < -0.39 is 0 Å². The van der Waals surface area contributed by atoms with Crippen molar-refractivity contribution in [3.8, 4) is 0 Å². The SMILES string of the molecule is CCNCc1ccc(Cn2ccnc2CC)nc1. The standard InChI is InChI=1S/C14H20N4/c1-3-14-16-7-8-18(14)11-13-6-5-12(10-17-13)9-15-4-2/h5-8,10,15H,3-4,9,11H2,1-2H3. The van der Waals surface area contributed by atoms with Crippen molar-refractivity contribution < 1.29 is 0 Å². The van der Waals surface area contributed by atoms with Crippen molar-refractivity contribution in [1.82, 2.24) is 19.9 Å². The van der Waals surface area contributed by atoms with Crippen molar-refractivity contribution in [3.63, 3.8) is 0 Å². The average molecular weight is 244 g/mol. The zero-order valence-electron chi connectivity index (χ0n) is 11.1. The van der Waals surface area contributed by atoms with E-state index in [9.17, 15) is 0 Å². The zero-order chi connectivity index (χ0) is 12.8. The molecule has 96 valence electrons. The third-order valence-electron chi connectivity index (χ3n) is 2.92. The molecule has 0 aliphatic rings. The first-order chi connectivity index (χ1) is 8.83. The first-order valence-electron chi connectivity index (χ1n) is 6.48. The Morgan fingerprint density at radius 3 is 2.78 bits per heavy atom. The number of nitrogens with one attached hydrogen (secondary N) is 1. The van der Waals surface area contributed by atoms with Crippen LogP contribution in [0.15, 0.2) is 30.7 Å². The minimum absolute atomic E-state index is 0.796. The van der Waals surface area contributed by atoms with Crippen molar-refractivity contribution in [1.29, 1.82) is 0 Å². The fourth-order valence-electron chi connectivity index (χ4n) is 1.90. The van der Waals surface area contributed by atoms with Gasteiger partial charge >= 0.3 is 0 Å². The molecule has 2 rings (SSSR count). The first kappa shape index (κ1) is 12.8. The van der Waals surface area contributed by atoms with E-state index in [4.69, 9.17) is 0 Å². The van der Waals surface area contributed by atoms with Crippen LogP contribution in [0.4, 0.5) is 0 Å². The molecule has 0 aliphatic heterocycles. The summed E-state index contributed by atoms with van der Waals surface area (Å²) in [6, 6.07) is 4.22. The second-order valence-electron chi connectivity index (χ2n) is 4.26. The maximum absolute atomic E-state index is 4.49. The van der Waals surface area contributed by atoms with E-state index in [1.165, 1.54) is 5.56 Å². The Morgan fingerprint density at radius 2 is 2.11 bits per heavy atom. The van der Waals surface area contributed by atoms with Crippen LogP contribution in [0.2, 0.25) is 0 Å². The third-order valence-corrected chi connectivity index (χ3v) is 2.92. The molecule has 0 spiro atoms. The smallest absolute Gasteiger partial charge is 0.108 e. The van der Waals surface area contributed by atoms with E-state index in [-0.39, 0.29) is 0 Å². The van der Waals surface area contributed by atoms with Crippen molar-refractivity contribution in [2.24, 2.45) is 0 Å². The number of pyridine rings is 1. The van der Waals surface area contributed by atoms with Gasteiger partial charge in [0.15, 0.2) is 0 Å². The van der Waals surface area contributed by atoms with Gasteiger partial charge in [0.05, 0.1) is 12.2 Å². The molecule has 0 radical (unpaired) electrons. The number of hydrogen-bond donors (Lipinski definition) is 1. The quantitative estimate of drug-likeness (QED) is 0.845. The van der Waals surface area contributed by atoms with E-state index in [1.54, 1.807) is 0 Å². The topological polar surface area (TPSA) is 42.7 Å². The Kier molecular flexibility index (Phi) is 4.47. The van der Waals surface area contributed by atoms with Crippen molar-refractivity contribution >= 4 is 0 Å².